The minimum atomic E-state index is -0.369. The molecule has 1 aromatic carbocycles. The van der Waals surface area contributed by atoms with Crippen LogP contribution in [-0.2, 0) is 4.79 Å². The number of Topliss-reactive ketones (excluding diaryl/α,β-unsaturated/α-hetero) is 1. The molecular weight excluding hydrogens is 308 g/mol. The van der Waals surface area contributed by atoms with Gasteiger partial charge in [0.15, 0.2) is 0 Å². The molecule has 0 amide bonds. The summed E-state index contributed by atoms with van der Waals surface area (Å²) in [5, 5.41) is 0.373. The molecule has 0 aromatic heterocycles. The van der Waals surface area contributed by atoms with Gasteiger partial charge in [0.1, 0.15) is 11.6 Å². The van der Waals surface area contributed by atoms with Crippen LogP contribution >= 0.6 is 27.5 Å². The number of halogens is 3. The van der Waals surface area contributed by atoms with Crippen molar-refractivity contribution in [2.24, 2.45) is 0 Å². The van der Waals surface area contributed by atoms with E-state index in [1.807, 2.05) is 11.8 Å². The Hall–Kier alpha value is -0.610. The molecule has 17 heavy (non-hydrogen) atoms. The van der Waals surface area contributed by atoms with Crippen LogP contribution in [0.1, 0.15) is 19.8 Å². The first-order valence-electron chi connectivity index (χ1n) is 5.42. The standard InChI is InChI=1S/C12H12BrClFNO/c1-7-4-9(17)2-3-16(7)12-10(13)5-8(15)6-11(12)14/h5-7H,2-4H2,1H3. The lowest BCUT2D eigenvalue weighted by Crippen LogP contribution is -2.41. The van der Waals surface area contributed by atoms with E-state index < -0.39 is 0 Å². The number of benzene rings is 1. The number of hydrogen-bond donors (Lipinski definition) is 0. The molecule has 1 unspecified atom stereocenters. The zero-order valence-corrected chi connectivity index (χ0v) is 11.7. The summed E-state index contributed by atoms with van der Waals surface area (Å²) in [7, 11) is 0. The summed E-state index contributed by atoms with van der Waals surface area (Å²) in [6, 6.07) is 2.78. The summed E-state index contributed by atoms with van der Waals surface area (Å²) in [5.74, 6) is -0.102. The molecule has 1 heterocycles. The molecular formula is C12H12BrClFNO. The van der Waals surface area contributed by atoms with Crippen LogP contribution in [-0.4, -0.2) is 18.4 Å². The molecule has 1 aliphatic heterocycles. The van der Waals surface area contributed by atoms with Gasteiger partial charge in [-0.2, -0.15) is 0 Å². The first-order chi connectivity index (χ1) is 7.99. The first-order valence-corrected chi connectivity index (χ1v) is 6.59. The van der Waals surface area contributed by atoms with Crippen molar-refractivity contribution in [1.82, 2.24) is 0 Å². The molecule has 1 atom stereocenters. The molecule has 1 aliphatic rings. The number of rotatable bonds is 1. The monoisotopic (exact) mass is 319 g/mol. The van der Waals surface area contributed by atoms with Gasteiger partial charge in [-0.15, -0.1) is 0 Å². The maximum Gasteiger partial charge on any atom is 0.136 e. The van der Waals surface area contributed by atoms with E-state index in [1.165, 1.54) is 12.1 Å². The molecule has 5 heteroatoms. The number of anilines is 1. The summed E-state index contributed by atoms with van der Waals surface area (Å²) in [6.45, 7) is 2.60. The van der Waals surface area contributed by atoms with Crippen molar-refractivity contribution >= 4 is 39.0 Å². The van der Waals surface area contributed by atoms with E-state index in [-0.39, 0.29) is 17.6 Å². The van der Waals surface area contributed by atoms with Crippen molar-refractivity contribution in [2.75, 3.05) is 11.4 Å². The molecule has 2 rings (SSSR count). The molecule has 92 valence electrons. The highest BCUT2D eigenvalue weighted by Gasteiger charge is 2.26. The van der Waals surface area contributed by atoms with Crippen LogP contribution in [0.3, 0.4) is 0 Å². The maximum absolute atomic E-state index is 13.1. The highest BCUT2D eigenvalue weighted by Crippen LogP contribution is 2.37. The second kappa shape index (κ2) is 4.94. The number of piperidine rings is 1. The first kappa shape index (κ1) is 12.8. The molecule has 0 aliphatic carbocycles. The largest absolute Gasteiger partial charge is 0.366 e. The Morgan fingerprint density at radius 1 is 1.53 bits per heavy atom. The van der Waals surface area contributed by atoms with E-state index in [9.17, 15) is 9.18 Å². The second-order valence-electron chi connectivity index (χ2n) is 4.25. The van der Waals surface area contributed by atoms with Gasteiger partial charge in [-0.25, -0.2) is 4.39 Å². The van der Waals surface area contributed by atoms with Crippen molar-refractivity contribution in [1.29, 1.82) is 0 Å². The fourth-order valence-electron chi connectivity index (χ4n) is 2.15. The molecule has 1 saturated heterocycles. The van der Waals surface area contributed by atoms with Crippen LogP contribution in [0.25, 0.3) is 0 Å². The van der Waals surface area contributed by atoms with Gasteiger partial charge < -0.3 is 4.90 Å². The molecule has 0 radical (unpaired) electrons. The van der Waals surface area contributed by atoms with Gasteiger partial charge in [0.2, 0.25) is 0 Å². The highest BCUT2D eigenvalue weighted by atomic mass is 79.9. The zero-order valence-electron chi connectivity index (χ0n) is 9.34. The van der Waals surface area contributed by atoms with Gasteiger partial charge in [0.25, 0.3) is 0 Å². The second-order valence-corrected chi connectivity index (χ2v) is 5.51. The Labute approximate surface area is 113 Å². The Morgan fingerprint density at radius 3 is 2.82 bits per heavy atom. The third kappa shape index (κ3) is 2.63. The lowest BCUT2D eigenvalue weighted by Gasteiger charge is -2.35. The summed E-state index contributed by atoms with van der Waals surface area (Å²) >= 11 is 9.40. The average molecular weight is 321 g/mol. The topological polar surface area (TPSA) is 20.3 Å². The molecule has 1 fully saturated rings. The summed E-state index contributed by atoms with van der Waals surface area (Å²) in [4.78, 5) is 13.4. The maximum atomic E-state index is 13.1. The van der Waals surface area contributed by atoms with Gasteiger partial charge >= 0.3 is 0 Å². The van der Waals surface area contributed by atoms with Gasteiger partial charge in [0.05, 0.1) is 10.7 Å². The Kier molecular flexibility index (Phi) is 3.73. The fraction of sp³-hybridized carbons (Fsp3) is 0.417. The minimum Gasteiger partial charge on any atom is -0.366 e. The van der Waals surface area contributed by atoms with Gasteiger partial charge in [-0.05, 0) is 35.0 Å². The van der Waals surface area contributed by atoms with Crippen LogP contribution in [0.4, 0.5) is 10.1 Å². The molecule has 0 bridgehead atoms. The number of carbonyl (C=O) groups is 1. The van der Waals surface area contributed by atoms with Crippen molar-refractivity contribution < 1.29 is 9.18 Å². The van der Waals surface area contributed by atoms with E-state index in [2.05, 4.69) is 15.9 Å². The van der Waals surface area contributed by atoms with Crippen LogP contribution in [0, 0.1) is 5.82 Å². The van der Waals surface area contributed by atoms with Crippen molar-refractivity contribution in [3.05, 3.63) is 27.4 Å². The SMILES string of the molecule is CC1CC(=O)CCN1c1c(Cl)cc(F)cc1Br. The smallest absolute Gasteiger partial charge is 0.136 e. The van der Waals surface area contributed by atoms with E-state index in [1.54, 1.807) is 0 Å². The van der Waals surface area contributed by atoms with Crippen molar-refractivity contribution in [3.63, 3.8) is 0 Å². The summed E-state index contributed by atoms with van der Waals surface area (Å²) < 4.78 is 13.8. The van der Waals surface area contributed by atoms with Crippen molar-refractivity contribution in [3.8, 4) is 0 Å². The number of nitrogens with zero attached hydrogens (tertiary/aromatic N) is 1. The van der Waals surface area contributed by atoms with Crippen LogP contribution in [0.2, 0.25) is 5.02 Å². The van der Waals surface area contributed by atoms with Crippen LogP contribution < -0.4 is 4.90 Å². The van der Waals surface area contributed by atoms with Crippen LogP contribution in [0.15, 0.2) is 16.6 Å². The predicted octanol–water partition coefficient (Wildman–Crippen LogP) is 3.80. The minimum absolute atomic E-state index is 0.0931. The predicted molar refractivity (Wildman–Crippen MR) is 70.2 cm³/mol. The van der Waals surface area contributed by atoms with E-state index >= 15 is 0 Å². The summed E-state index contributed by atoms with van der Waals surface area (Å²) in [5.41, 5.74) is 0.771. The lowest BCUT2D eigenvalue weighted by atomic mass is 10.0. The van der Waals surface area contributed by atoms with E-state index in [4.69, 9.17) is 11.6 Å². The molecule has 2 nitrogen and oxygen atoms in total. The molecule has 0 saturated carbocycles. The highest BCUT2D eigenvalue weighted by molar-refractivity contribution is 9.10. The summed E-state index contributed by atoms with van der Waals surface area (Å²) in [6.07, 6.45) is 1.03. The zero-order chi connectivity index (χ0) is 12.6. The number of ketones is 1. The molecule has 0 spiro atoms. The fourth-order valence-corrected chi connectivity index (χ4v) is 3.24. The van der Waals surface area contributed by atoms with Crippen molar-refractivity contribution in [2.45, 2.75) is 25.8 Å². The lowest BCUT2D eigenvalue weighted by molar-refractivity contribution is -0.120. The molecule has 0 N–H and O–H groups in total. The van der Waals surface area contributed by atoms with Gasteiger partial charge in [-0.1, -0.05) is 11.6 Å². The van der Waals surface area contributed by atoms with E-state index in [0.29, 0.717) is 28.9 Å². The normalized spacial score (nSPS) is 20.8. The number of carbonyl (C=O) groups excluding carboxylic acids is 1. The Balaban J connectivity index is 2.37. The average Bonchev–Trinajstić information content (AvgIpc) is 2.19. The Morgan fingerprint density at radius 2 is 2.24 bits per heavy atom. The van der Waals surface area contributed by atoms with Gasteiger partial charge in [-0.3, -0.25) is 4.79 Å². The Bertz CT molecular complexity index is 443. The third-order valence-corrected chi connectivity index (χ3v) is 3.85. The van der Waals surface area contributed by atoms with Crippen LogP contribution in [0.5, 0.6) is 0 Å². The number of hydrogen-bond acceptors (Lipinski definition) is 2. The molecule has 1 aromatic rings. The quantitative estimate of drug-likeness (QED) is 0.784. The third-order valence-electron chi connectivity index (χ3n) is 2.96. The van der Waals surface area contributed by atoms with Gasteiger partial charge in [0, 0.05) is 29.9 Å². The van der Waals surface area contributed by atoms with E-state index in [0.717, 1.165) is 5.69 Å².